The number of oxime groups is 1. The first-order valence-corrected chi connectivity index (χ1v) is 14.6. The summed E-state index contributed by atoms with van der Waals surface area (Å²) in [7, 11) is 0. The smallest absolute Gasteiger partial charge is 0.352 e. The number of aromatic nitrogens is 1. The second-order valence-electron chi connectivity index (χ2n) is 9.48. The number of benzene rings is 1. The minimum absolute atomic E-state index is 0.0212. The summed E-state index contributed by atoms with van der Waals surface area (Å²) in [5.74, 6) is -5.41. The van der Waals surface area contributed by atoms with Gasteiger partial charge in [0.05, 0.1) is 0 Å². The van der Waals surface area contributed by atoms with Crippen molar-refractivity contribution in [1.29, 1.82) is 0 Å². The number of thioether (sulfide) groups is 1. The molecule has 2 atom stereocenters. The summed E-state index contributed by atoms with van der Waals surface area (Å²) in [6, 6.07) is 2.18. The van der Waals surface area contributed by atoms with E-state index in [0.717, 1.165) is 28.4 Å². The van der Waals surface area contributed by atoms with Crippen LogP contribution in [0.1, 0.15) is 29.9 Å². The van der Waals surface area contributed by atoms with Gasteiger partial charge in [-0.15, -0.1) is 34.7 Å². The van der Waals surface area contributed by atoms with Crippen molar-refractivity contribution in [2.24, 2.45) is 5.16 Å². The van der Waals surface area contributed by atoms with Gasteiger partial charge in [-0.25, -0.2) is 9.78 Å². The molecule has 1 unspecified atom stereocenters. The number of hydrogen-bond donors (Lipinski definition) is 7. The first kappa shape index (κ1) is 31.4. The highest BCUT2D eigenvalue weighted by Gasteiger charge is 2.54. The third-order valence-corrected chi connectivity index (χ3v) is 8.45. The number of nitrogens with two attached hydrogens (primary N) is 1. The van der Waals surface area contributed by atoms with Crippen LogP contribution in [0.2, 0.25) is 0 Å². The fraction of sp³-hybridized carbons (Fsp3) is 0.292. The highest BCUT2D eigenvalue weighted by atomic mass is 35.5. The SMILES string of the molecule is CC(C)(ON=C(C(=O)NC1C(=O)N2C(C(=O)O)=C(CCl)CS[C@H]12)c1csc(N)n1)C(=O)NNC(=O)c1ccc(O)c(O)c1. The molecule has 16 nitrogen and oxygen atoms in total. The molecule has 2 aliphatic rings. The van der Waals surface area contributed by atoms with Crippen LogP contribution < -0.4 is 21.9 Å². The molecule has 19 heteroatoms. The van der Waals surface area contributed by atoms with Crippen molar-refractivity contribution in [3.8, 4) is 11.5 Å². The Hall–Kier alpha value is -4.55. The van der Waals surface area contributed by atoms with E-state index in [1.54, 1.807) is 0 Å². The van der Waals surface area contributed by atoms with Gasteiger partial charge in [-0.3, -0.25) is 34.9 Å². The Bertz CT molecular complexity index is 1580. The first-order valence-electron chi connectivity index (χ1n) is 12.1. The number of anilines is 1. The molecule has 0 saturated carbocycles. The Morgan fingerprint density at radius 3 is 2.56 bits per heavy atom. The Balaban J connectivity index is 1.46. The number of phenolic OH excluding ortho intramolecular Hbond substituents is 2. The van der Waals surface area contributed by atoms with Gasteiger partial charge in [-0.05, 0) is 37.6 Å². The lowest BCUT2D eigenvalue weighted by Gasteiger charge is -2.49. The topological polar surface area (TPSA) is 246 Å². The van der Waals surface area contributed by atoms with Crippen molar-refractivity contribution in [3.05, 3.63) is 46.1 Å². The van der Waals surface area contributed by atoms with Crippen molar-refractivity contribution in [2.45, 2.75) is 30.9 Å². The number of rotatable bonds is 9. The lowest BCUT2D eigenvalue weighted by atomic mass is 10.0. The standard InChI is InChI=1S/C24H24ClN7O9S2/c1-24(2,22(40)30-29-17(35)9-3-4-12(33)13(34)5-9)41-31-14(11-8-43-23(26)27-11)18(36)28-15-19(37)32-16(21(38)39)10(6-25)7-42-20(15)32/h3-5,8,15,20,33-34H,6-7H2,1-2H3,(H2,26,27)(H,28,36)(H,29,35)(H,30,40)(H,38,39)/t15?,20-/m1/s1. The van der Waals surface area contributed by atoms with Crippen molar-refractivity contribution in [3.63, 3.8) is 0 Å². The number of hydrogen-bond acceptors (Lipinski definition) is 13. The summed E-state index contributed by atoms with van der Waals surface area (Å²) >= 11 is 8.07. The maximum absolute atomic E-state index is 13.3. The molecule has 0 aliphatic carbocycles. The average molecular weight is 654 g/mol. The monoisotopic (exact) mass is 653 g/mol. The molecule has 4 amide bonds. The second-order valence-corrected chi connectivity index (χ2v) is 11.7. The van der Waals surface area contributed by atoms with Gasteiger partial charge in [-0.1, -0.05) is 5.16 Å². The number of hydrazine groups is 1. The molecule has 0 radical (unpaired) electrons. The number of carbonyl (C=O) groups is 5. The van der Waals surface area contributed by atoms with E-state index in [-0.39, 0.29) is 33.7 Å². The number of carboxylic acid groups (broad SMARTS) is 1. The molecule has 4 rings (SSSR count). The van der Waals surface area contributed by atoms with Crippen LogP contribution in [-0.4, -0.2) is 89.2 Å². The number of carboxylic acids is 1. The molecule has 228 valence electrons. The Morgan fingerprint density at radius 1 is 1.23 bits per heavy atom. The van der Waals surface area contributed by atoms with Crippen LogP contribution in [0, 0.1) is 0 Å². The zero-order chi connectivity index (χ0) is 31.6. The summed E-state index contributed by atoms with van der Waals surface area (Å²) in [6.07, 6.45) is 0. The molecular formula is C24H24ClN7O9S2. The molecular weight excluding hydrogens is 630 g/mol. The fourth-order valence-corrected chi connectivity index (χ4v) is 6.03. The highest BCUT2D eigenvalue weighted by molar-refractivity contribution is 8.00. The fourth-order valence-electron chi connectivity index (χ4n) is 3.80. The van der Waals surface area contributed by atoms with Crippen LogP contribution in [0.25, 0.3) is 0 Å². The Labute approximate surface area is 255 Å². The van der Waals surface area contributed by atoms with Crippen LogP contribution in [0.3, 0.4) is 0 Å². The molecule has 1 aromatic carbocycles. The number of halogens is 1. The number of phenols is 2. The molecule has 3 heterocycles. The van der Waals surface area contributed by atoms with E-state index < -0.39 is 63.8 Å². The normalized spacial score (nSPS) is 18.3. The van der Waals surface area contributed by atoms with Gasteiger partial charge >= 0.3 is 5.97 Å². The van der Waals surface area contributed by atoms with E-state index in [1.165, 1.54) is 37.1 Å². The van der Waals surface area contributed by atoms with E-state index in [0.29, 0.717) is 5.57 Å². The lowest BCUT2D eigenvalue weighted by Crippen LogP contribution is -2.71. The maximum atomic E-state index is 13.3. The molecule has 0 bridgehead atoms. The summed E-state index contributed by atoms with van der Waals surface area (Å²) in [4.78, 5) is 73.5. The van der Waals surface area contributed by atoms with E-state index in [9.17, 15) is 39.3 Å². The number of nitrogens with zero attached hydrogens (tertiary/aromatic N) is 3. The number of β-lactam (4-membered cyclic amide) rings is 1. The van der Waals surface area contributed by atoms with Crippen LogP contribution in [0.4, 0.5) is 5.13 Å². The van der Waals surface area contributed by atoms with Crippen molar-refractivity contribution >= 4 is 75.1 Å². The number of carbonyl (C=O) groups excluding carboxylic acids is 4. The largest absolute Gasteiger partial charge is 0.504 e. The summed E-state index contributed by atoms with van der Waals surface area (Å²) in [5.41, 5.74) is 7.82. The molecule has 0 spiro atoms. The molecule has 1 fully saturated rings. The van der Waals surface area contributed by atoms with Gasteiger partial charge < -0.3 is 31.2 Å². The number of amides is 4. The predicted molar refractivity (Wildman–Crippen MR) is 154 cm³/mol. The average Bonchev–Trinajstić information content (AvgIpc) is 3.40. The van der Waals surface area contributed by atoms with Crippen LogP contribution in [0.5, 0.6) is 11.5 Å². The molecule has 43 heavy (non-hydrogen) atoms. The molecule has 2 aromatic rings. The Morgan fingerprint density at radius 2 is 1.95 bits per heavy atom. The van der Waals surface area contributed by atoms with Crippen molar-refractivity contribution in [2.75, 3.05) is 17.4 Å². The van der Waals surface area contributed by atoms with Crippen molar-refractivity contribution in [1.82, 2.24) is 26.1 Å². The predicted octanol–water partition coefficient (Wildman–Crippen LogP) is 0.0744. The number of thiazole rings is 1. The third-order valence-electron chi connectivity index (χ3n) is 6.12. The summed E-state index contributed by atoms with van der Waals surface area (Å²) in [5, 5.41) is 35.7. The minimum atomic E-state index is -1.78. The van der Waals surface area contributed by atoms with Gasteiger partial charge in [-0.2, -0.15) is 0 Å². The van der Waals surface area contributed by atoms with E-state index in [1.807, 2.05) is 0 Å². The Kier molecular flexibility index (Phi) is 9.02. The van der Waals surface area contributed by atoms with Crippen LogP contribution in [-0.2, 0) is 24.0 Å². The summed E-state index contributed by atoms with van der Waals surface area (Å²) < 4.78 is 0. The van der Waals surface area contributed by atoms with Crippen LogP contribution >= 0.6 is 34.7 Å². The number of aliphatic carboxylic acids is 1. The number of aromatic hydroxyl groups is 2. The molecule has 8 N–H and O–H groups in total. The van der Waals surface area contributed by atoms with Crippen LogP contribution in [0.15, 0.2) is 40.0 Å². The summed E-state index contributed by atoms with van der Waals surface area (Å²) in [6.45, 7) is 2.57. The first-order chi connectivity index (χ1) is 20.2. The molecule has 1 saturated heterocycles. The van der Waals surface area contributed by atoms with E-state index in [2.05, 4.69) is 26.3 Å². The number of nitrogens with one attached hydrogen (secondary N) is 3. The number of fused-ring (bicyclic) bond motifs is 1. The number of alkyl halides is 1. The van der Waals surface area contributed by atoms with Gasteiger partial charge in [0, 0.05) is 22.6 Å². The zero-order valence-electron chi connectivity index (χ0n) is 22.3. The maximum Gasteiger partial charge on any atom is 0.352 e. The van der Waals surface area contributed by atoms with E-state index in [4.69, 9.17) is 22.2 Å². The van der Waals surface area contributed by atoms with Crippen molar-refractivity contribution < 1.29 is 44.1 Å². The van der Waals surface area contributed by atoms with Gasteiger partial charge in [0.1, 0.15) is 22.8 Å². The lowest BCUT2D eigenvalue weighted by molar-refractivity contribution is -0.150. The highest BCUT2D eigenvalue weighted by Crippen LogP contribution is 2.40. The van der Waals surface area contributed by atoms with Gasteiger partial charge in [0.2, 0.25) is 5.60 Å². The third kappa shape index (κ3) is 6.45. The van der Waals surface area contributed by atoms with Gasteiger partial charge in [0.15, 0.2) is 22.3 Å². The second kappa shape index (κ2) is 12.4. The molecule has 2 aliphatic heterocycles. The minimum Gasteiger partial charge on any atom is -0.504 e. The molecule has 1 aromatic heterocycles. The quantitative estimate of drug-likeness (QED) is 0.0625. The zero-order valence-corrected chi connectivity index (χ0v) is 24.7. The number of nitrogen functional groups attached to an aromatic ring is 1. The van der Waals surface area contributed by atoms with Gasteiger partial charge in [0.25, 0.3) is 23.6 Å². The van der Waals surface area contributed by atoms with E-state index >= 15 is 0 Å².